The molecule has 0 spiro atoms. The largest absolute Gasteiger partial charge is 0.399 e. The van der Waals surface area contributed by atoms with Crippen LogP contribution in [0.4, 0.5) is 11.5 Å². The third kappa shape index (κ3) is 4.51. The highest BCUT2D eigenvalue weighted by Crippen LogP contribution is 2.29. The van der Waals surface area contributed by atoms with Crippen molar-refractivity contribution >= 4 is 11.5 Å². The van der Waals surface area contributed by atoms with Crippen molar-refractivity contribution in [1.82, 2.24) is 4.98 Å². The van der Waals surface area contributed by atoms with Crippen molar-refractivity contribution in [3.63, 3.8) is 0 Å². The monoisotopic (exact) mass is 221 g/mol. The molecule has 16 heavy (non-hydrogen) atoms. The van der Waals surface area contributed by atoms with Crippen LogP contribution < -0.4 is 11.1 Å². The van der Waals surface area contributed by atoms with Crippen LogP contribution in [0.3, 0.4) is 0 Å². The normalized spacial score (nSPS) is 12.6. The number of pyridine rings is 1. The highest BCUT2D eigenvalue weighted by Gasteiger charge is 2.25. The Bertz CT molecular complexity index is 350. The van der Waals surface area contributed by atoms with Crippen LogP contribution in [0.25, 0.3) is 0 Å². The summed E-state index contributed by atoms with van der Waals surface area (Å²) in [5, 5.41) is 3.42. The SMILES string of the molecule is CC(C)(C)CC(C)(C)Nc1cc(N)ccn1. The van der Waals surface area contributed by atoms with Gasteiger partial charge >= 0.3 is 0 Å². The van der Waals surface area contributed by atoms with Crippen LogP contribution in [-0.2, 0) is 0 Å². The van der Waals surface area contributed by atoms with Gasteiger partial charge in [0.2, 0.25) is 0 Å². The lowest BCUT2D eigenvalue weighted by Crippen LogP contribution is -2.35. The van der Waals surface area contributed by atoms with Gasteiger partial charge in [-0.05, 0) is 31.7 Å². The van der Waals surface area contributed by atoms with Crippen molar-refractivity contribution in [3.8, 4) is 0 Å². The van der Waals surface area contributed by atoms with E-state index in [1.54, 1.807) is 12.3 Å². The van der Waals surface area contributed by atoms with E-state index in [9.17, 15) is 0 Å². The first-order valence-electron chi connectivity index (χ1n) is 5.68. The molecule has 0 saturated carbocycles. The van der Waals surface area contributed by atoms with Gasteiger partial charge in [-0.25, -0.2) is 4.98 Å². The van der Waals surface area contributed by atoms with Crippen molar-refractivity contribution in [1.29, 1.82) is 0 Å². The summed E-state index contributed by atoms with van der Waals surface area (Å²) in [5.74, 6) is 0.842. The highest BCUT2D eigenvalue weighted by molar-refractivity contribution is 5.49. The Kier molecular flexibility index (Phi) is 3.46. The minimum atomic E-state index is 0.0129. The molecule has 0 unspecified atom stereocenters. The number of nitrogen functional groups attached to an aromatic ring is 1. The smallest absolute Gasteiger partial charge is 0.128 e. The lowest BCUT2D eigenvalue weighted by Gasteiger charge is -2.33. The molecule has 0 bridgehead atoms. The summed E-state index contributed by atoms with van der Waals surface area (Å²) < 4.78 is 0. The summed E-state index contributed by atoms with van der Waals surface area (Å²) in [6.45, 7) is 11.1. The molecule has 0 aliphatic heterocycles. The van der Waals surface area contributed by atoms with E-state index in [1.807, 2.05) is 6.07 Å². The molecular formula is C13H23N3. The molecule has 90 valence electrons. The maximum absolute atomic E-state index is 5.72. The molecule has 1 rings (SSSR count). The number of hydrogen-bond donors (Lipinski definition) is 2. The molecule has 0 fully saturated rings. The second-order valence-electron chi connectivity index (χ2n) is 6.22. The Labute approximate surface area is 98.5 Å². The Hall–Kier alpha value is -1.25. The fourth-order valence-electron chi connectivity index (χ4n) is 2.23. The van der Waals surface area contributed by atoms with E-state index < -0.39 is 0 Å². The number of nitrogens with zero attached hydrogens (tertiary/aromatic N) is 1. The Morgan fingerprint density at radius 3 is 2.38 bits per heavy atom. The lowest BCUT2D eigenvalue weighted by atomic mass is 9.82. The van der Waals surface area contributed by atoms with Gasteiger partial charge in [-0.1, -0.05) is 20.8 Å². The van der Waals surface area contributed by atoms with Gasteiger partial charge in [0.05, 0.1) is 0 Å². The van der Waals surface area contributed by atoms with Gasteiger partial charge in [0, 0.05) is 23.5 Å². The molecule has 3 N–H and O–H groups in total. The van der Waals surface area contributed by atoms with Crippen LogP contribution in [-0.4, -0.2) is 10.5 Å². The molecule has 1 heterocycles. The number of rotatable bonds is 3. The van der Waals surface area contributed by atoms with Crippen LogP contribution in [0.1, 0.15) is 41.0 Å². The molecule has 0 atom stereocenters. The van der Waals surface area contributed by atoms with Crippen LogP contribution in [0, 0.1) is 5.41 Å². The van der Waals surface area contributed by atoms with Gasteiger partial charge in [0.1, 0.15) is 5.82 Å². The van der Waals surface area contributed by atoms with Crippen molar-refractivity contribution in [2.24, 2.45) is 5.41 Å². The topological polar surface area (TPSA) is 50.9 Å². The fraction of sp³-hybridized carbons (Fsp3) is 0.615. The van der Waals surface area contributed by atoms with Crippen LogP contribution in [0.2, 0.25) is 0 Å². The third-order valence-corrected chi connectivity index (χ3v) is 2.22. The molecule has 0 aliphatic rings. The Balaban J connectivity index is 2.72. The molecule has 0 radical (unpaired) electrons. The Morgan fingerprint density at radius 2 is 1.88 bits per heavy atom. The second kappa shape index (κ2) is 4.32. The number of hydrogen-bond acceptors (Lipinski definition) is 3. The maximum Gasteiger partial charge on any atom is 0.128 e. The Morgan fingerprint density at radius 1 is 1.25 bits per heavy atom. The van der Waals surface area contributed by atoms with Crippen LogP contribution >= 0.6 is 0 Å². The molecule has 3 nitrogen and oxygen atoms in total. The predicted molar refractivity (Wildman–Crippen MR) is 70.4 cm³/mol. The van der Waals surface area contributed by atoms with Crippen molar-refractivity contribution in [3.05, 3.63) is 18.3 Å². The third-order valence-electron chi connectivity index (χ3n) is 2.22. The van der Waals surface area contributed by atoms with E-state index in [2.05, 4.69) is 44.9 Å². The summed E-state index contributed by atoms with van der Waals surface area (Å²) in [6, 6.07) is 3.66. The molecular weight excluding hydrogens is 198 g/mol. The summed E-state index contributed by atoms with van der Waals surface area (Å²) in [5.41, 5.74) is 6.77. The number of aromatic nitrogens is 1. The van der Waals surface area contributed by atoms with Gasteiger partial charge in [-0.2, -0.15) is 0 Å². The molecule has 1 aromatic heterocycles. The van der Waals surface area contributed by atoms with Crippen molar-refractivity contribution < 1.29 is 0 Å². The van der Waals surface area contributed by atoms with Gasteiger partial charge in [-0.15, -0.1) is 0 Å². The number of anilines is 2. The highest BCUT2D eigenvalue weighted by atomic mass is 15.0. The first-order valence-corrected chi connectivity index (χ1v) is 5.68. The second-order valence-corrected chi connectivity index (χ2v) is 6.22. The molecule has 0 aromatic carbocycles. The summed E-state index contributed by atoms with van der Waals surface area (Å²) in [4.78, 5) is 4.26. The van der Waals surface area contributed by atoms with Crippen molar-refractivity contribution in [2.75, 3.05) is 11.1 Å². The minimum absolute atomic E-state index is 0.0129. The average Bonchev–Trinajstić information content (AvgIpc) is 1.96. The van der Waals surface area contributed by atoms with E-state index in [1.165, 1.54) is 0 Å². The quantitative estimate of drug-likeness (QED) is 0.823. The fourth-order valence-corrected chi connectivity index (χ4v) is 2.23. The zero-order valence-corrected chi connectivity index (χ0v) is 11.0. The standard InChI is InChI=1S/C13H23N3/c1-12(2,3)9-13(4,5)16-11-8-10(14)6-7-15-11/h6-8H,9H2,1-5H3,(H3,14,15,16). The average molecular weight is 221 g/mol. The van der Waals surface area contributed by atoms with E-state index in [0.717, 1.165) is 17.9 Å². The summed E-state index contributed by atoms with van der Waals surface area (Å²) >= 11 is 0. The zero-order chi connectivity index (χ0) is 12.4. The van der Waals surface area contributed by atoms with Crippen LogP contribution in [0.5, 0.6) is 0 Å². The maximum atomic E-state index is 5.72. The van der Waals surface area contributed by atoms with E-state index in [4.69, 9.17) is 5.73 Å². The van der Waals surface area contributed by atoms with Gasteiger partial charge in [0.25, 0.3) is 0 Å². The summed E-state index contributed by atoms with van der Waals surface area (Å²) in [7, 11) is 0. The molecule has 0 saturated heterocycles. The van der Waals surface area contributed by atoms with E-state index >= 15 is 0 Å². The lowest BCUT2D eigenvalue weighted by molar-refractivity contribution is 0.302. The van der Waals surface area contributed by atoms with Crippen molar-refractivity contribution in [2.45, 2.75) is 46.6 Å². The van der Waals surface area contributed by atoms with Gasteiger partial charge < -0.3 is 11.1 Å². The molecule has 1 aromatic rings. The molecule has 0 aliphatic carbocycles. The summed E-state index contributed by atoms with van der Waals surface area (Å²) in [6.07, 6.45) is 2.79. The van der Waals surface area contributed by atoms with Gasteiger partial charge in [0.15, 0.2) is 0 Å². The van der Waals surface area contributed by atoms with E-state index in [-0.39, 0.29) is 11.0 Å². The van der Waals surface area contributed by atoms with E-state index in [0.29, 0.717) is 0 Å². The molecule has 0 amide bonds. The first kappa shape index (κ1) is 12.8. The zero-order valence-electron chi connectivity index (χ0n) is 11.0. The molecule has 3 heteroatoms. The number of nitrogens with one attached hydrogen (secondary N) is 1. The van der Waals surface area contributed by atoms with Gasteiger partial charge in [-0.3, -0.25) is 0 Å². The predicted octanol–water partition coefficient (Wildman–Crippen LogP) is 3.29. The first-order chi connectivity index (χ1) is 7.18. The minimum Gasteiger partial charge on any atom is -0.399 e. The number of nitrogens with two attached hydrogens (primary N) is 1. The van der Waals surface area contributed by atoms with Crippen LogP contribution in [0.15, 0.2) is 18.3 Å².